The minimum Gasteiger partial charge on any atom is -0.396 e. The molecule has 1 aromatic rings. The minimum atomic E-state index is -4.40. The molecule has 2 rings (SSSR count). The molecule has 1 fully saturated rings. The lowest BCUT2D eigenvalue weighted by Crippen LogP contribution is -2.46. The molecule has 7 heteroatoms. The Hall–Kier alpha value is -1.76. The average molecular weight is 330 g/mol. The Kier molecular flexibility index (Phi) is 5.51. The highest BCUT2D eigenvalue weighted by Crippen LogP contribution is 2.30. The van der Waals surface area contributed by atoms with E-state index in [9.17, 15) is 23.1 Å². The van der Waals surface area contributed by atoms with E-state index >= 15 is 0 Å². The molecular formula is C16H21F3N2O2. The molecule has 0 saturated carbocycles. The Balaban J connectivity index is 2.01. The number of nitrogens with zero attached hydrogens (tertiary/aromatic N) is 1. The second-order valence-corrected chi connectivity index (χ2v) is 5.93. The van der Waals surface area contributed by atoms with Crippen LogP contribution in [-0.2, 0) is 6.18 Å². The number of nitrogens with one attached hydrogen (secondary N) is 1. The van der Waals surface area contributed by atoms with Crippen LogP contribution in [0.5, 0.6) is 0 Å². The first-order chi connectivity index (χ1) is 10.8. The molecule has 0 radical (unpaired) electrons. The largest absolute Gasteiger partial charge is 0.416 e. The fourth-order valence-corrected chi connectivity index (χ4v) is 2.74. The van der Waals surface area contributed by atoms with E-state index in [1.54, 1.807) is 17.9 Å². The molecule has 0 bridgehead atoms. The van der Waals surface area contributed by atoms with Gasteiger partial charge in [0, 0.05) is 19.7 Å². The second kappa shape index (κ2) is 7.21. The summed E-state index contributed by atoms with van der Waals surface area (Å²) in [6.07, 6.45) is -2.71. The van der Waals surface area contributed by atoms with Gasteiger partial charge in [0.2, 0.25) is 0 Å². The van der Waals surface area contributed by atoms with Crippen molar-refractivity contribution in [3.05, 3.63) is 35.4 Å². The lowest BCUT2D eigenvalue weighted by atomic mass is 9.99. The number of alkyl halides is 3. The zero-order valence-corrected chi connectivity index (χ0v) is 12.9. The fraction of sp³-hybridized carbons (Fsp3) is 0.562. The standard InChI is InChI=1S/C16H21F3N2O2/c1-11(13-5-2-6-14(8-13)16(17,18)19)20-15(23)21-7-3-4-12(9-21)10-22/h2,5-6,8,11-12,22H,3-4,7,9-10H2,1H3,(H,20,23). The lowest BCUT2D eigenvalue weighted by Gasteiger charge is -2.32. The van der Waals surface area contributed by atoms with Crippen molar-refractivity contribution in [2.24, 2.45) is 5.92 Å². The second-order valence-electron chi connectivity index (χ2n) is 5.93. The summed E-state index contributed by atoms with van der Waals surface area (Å²) in [5, 5.41) is 11.9. The highest BCUT2D eigenvalue weighted by atomic mass is 19.4. The number of likely N-dealkylation sites (tertiary alicyclic amines) is 1. The van der Waals surface area contributed by atoms with Gasteiger partial charge in [0.1, 0.15) is 0 Å². The topological polar surface area (TPSA) is 52.6 Å². The van der Waals surface area contributed by atoms with E-state index in [1.807, 2.05) is 0 Å². The highest BCUT2D eigenvalue weighted by Gasteiger charge is 2.31. The molecule has 1 aliphatic heterocycles. The molecule has 23 heavy (non-hydrogen) atoms. The van der Waals surface area contributed by atoms with Crippen LogP contribution in [0.1, 0.15) is 36.9 Å². The van der Waals surface area contributed by atoms with Crippen molar-refractivity contribution in [1.29, 1.82) is 0 Å². The number of aliphatic hydroxyl groups excluding tert-OH is 1. The maximum absolute atomic E-state index is 12.7. The number of carbonyl (C=O) groups excluding carboxylic acids is 1. The molecule has 1 saturated heterocycles. The zero-order valence-electron chi connectivity index (χ0n) is 12.9. The summed E-state index contributed by atoms with van der Waals surface area (Å²) in [6.45, 7) is 2.75. The van der Waals surface area contributed by atoms with E-state index in [2.05, 4.69) is 5.32 Å². The summed E-state index contributed by atoms with van der Waals surface area (Å²) in [5.74, 6) is 0.0679. The Bertz CT molecular complexity index is 548. The SMILES string of the molecule is CC(NC(=O)N1CCCC(CO)C1)c1cccc(C(F)(F)F)c1. The molecule has 2 atom stereocenters. The van der Waals surface area contributed by atoms with Crippen molar-refractivity contribution >= 4 is 6.03 Å². The monoisotopic (exact) mass is 330 g/mol. The minimum absolute atomic E-state index is 0.0347. The van der Waals surface area contributed by atoms with E-state index < -0.39 is 17.8 Å². The quantitative estimate of drug-likeness (QED) is 0.894. The number of aliphatic hydroxyl groups is 1. The number of rotatable bonds is 3. The van der Waals surface area contributed by atoms with Gasteiger partial charge in [-0.25, -0.2) is 4.79 Å². The third kappa shape index (κ3) is 4.60. The van der Waals surface area contributed by atoms with Crippen LogP contribution >= 0.6 is 0 Å². The van der Waals surface area contributed by atoms with Gasteiger partial charge < -0.3 is 15.3 Å². The summed E-state index contributed by atoms with van der Waals surface area (Å²) in [7, 11) is 0. The Morgan fingerprint density at radius 2 is 2.22 bits per heavy atom. The molecule has 1 heterocycles. The molecule has 1 aliphatic rings. The van der Waals surface area contributed by atoms with Crippen LogP contribution < -0.4 is 5.32 Å². The van der Waals surface area contributed by atoms with Crippen molar-refractivity contribution in [2.75, 3.05) is 19.7 Å². The highest BCUT2D eigenvalue weighted by molar-refractivity contribution is 5.74. The fourth-order valence-electron chi connectivity index (χ4n) is 2.74. The average Bonchev–Trinajstić information content (AvgIpc) is 2.54. The number of hydrogen-bond acceptors (Lipinski definition) is 2. The Labute approximate surface area is 133 Å². The zero-order chi connectivity index (χ0) is 17.0. The van der Waals surface area contributed by atoms with E-state index in [0.717, 1.165) is 25.0 Å². The van der Waals surface area contributed by atoms with E-state index in [0.29, 0.717) is 18.7 Å². The van der Waals surface area contributed by atoms with Crippen molar-refractivity contribution in [2.45, 2.75) is 32.0 Å². The van der Waals surface area contributed by atoms with Crippen molar-refractivity contribution in [3.8, 4) is 0 Å². The predicted molar refractivity (Wildman–Crippen MR) is 79.8 cm³/mol. The van der Waals surface area contributed by atoms with E-state index in [-0.39, 0.29) is 18.6 Å². The molecule has 2 amide bonds. The Morgan fingerprint density at radius 1 is 1.48 bits per heavy atom. The van der Waals surface area contributed by atoms with Gasteiger partial charge in [-0.15, -0.1) is 0 Å². The molecule has 128 valence electrons. The van der Waals surface area contributed by atoms with Crippen molar-refractivity contribution < 1.29 is 23.1 Å². The Morgan fingerprint density at radius 3 is 2.87 bits per heavy atom. The summed E-state index contributed by atoms with van der Waals surface area (Å²) < 4.78 is 38.2. The smallest absolute Gasteiger partial charge is 0.396 e. The lowest BCUT2D eigenvalue weighted by molar-refractivity contribution is -0.137. The van der Waals surface area contributed by atoms with E-state index in [4.69, 9.17) is 0 Å². The van der Waals surface area contributed by atoms with Crippen LogP contribution in [0.3, 0.4) is 0 Å². The summed E-state index contributed by atoms with van der Waals surface area (Å²) in [5.41, 5.74) is -0.321. The van der Waals surface area contributed by atoms with Crippen LogP contribution in [0, 0.1) is 5.92 Å². The first kappa shape index (κ1) is 17.6. The molecule has 0 spiro atoms. The number of halogens is 3. The molecule has 4 nitrogen and oxygen atoms in total. The summed E-state index contributed by atoms with van der Waals surface area (Å²) in [6, 6.07) is 4.12. The van der Waals surface area contributed by atoms with Crippen LogP contribution in [0.2, 0.25) is 0 Å². The van der Waals surface area contributed by atoms with Gasteiger partial charge in [-0.05, 0) is 43.4 Å². The van der Waals surface area contributed by atoms with Crippen molar-refractivity contribution in [3.63, 3.8) is 0 Å². The molecule has 0 aromatic heterocycles. The summed E-state index contributed by atoms with van der Waals surface area (Å²) >= 11 is 0. The van der Waals surface area contributed by atoms with Gasteiger partial charge in [0.15, 0.2) is 0 Å². The van der Waals surface area contributed by atoms with Crippen LogP contribution in [-0.4, -0.2) is 35.7 Å². The summed E-state index contributed by atoms with van der Waals surface area (Å²) in [4.78, 5) is 13.8. The third-order valence-electron chi connectivity index (χ3n) is 4.12. The number of hydrogen-bond donors (Lipinski definition) is 2. The van der Waals surface area contributed by atoms with Gasteiger partial charge in [0.25, 0.3) is 0 Å². The third-order valence-corrected chi connectivity index (χ3v) is 4.12. The molecule has 2 N–H and O–H groups in total. The number of piperidine rings is 1. The number of amides is 2. The maximum atomic E-state index is 12.7. The molecule has 0 aliphatic carbocycles. The normalized spacial score (nSPS) is 20.2. The van der Waals surface area contributed by atoms with E-state index in [1.165, 1.54) is 6.07 Å². The van der Waals surface area contributed by atoms with Crippen LogP contribution in [0.4, 0.5) is 18.0 Å². The molecular weight excluding hydrogens is 309 g/mol. The first-order valence-corrected chi connectivity index (χ1v) is 7.64. The van der Waals surface area contributed by atoms with Gasteiger partial charge in [-0.1, -0.05) is 12.1 Å². The number of urea groups is 1. The number of benzene rings is 1. The van der Waals surface area contributed by atoms with Crippen LogP contribution in [0.15, 0.2) is 24.3 Å². The van der Waals surface area contributed by atoms with Gasteiger partial charge in [-0.3, -0.25) is 0 Å². The molecule has 1 aromatic carbocycles. The first-order valence-electron chi connectivity index (χ1n) is 7.64. The van der Waals surface area contributed by atoms with Gasteiger partial charge >= 0.3 is 12.2 Å². The van der Waals surface area contributed by atoms with Crippen LogP contribution in [0.25, 0.3) is 0 Å². The van der Waals surface area contributed by atoms with Crippen molar-refractivity contribution in [1.82, 2.24) is 10.2 Å². The predicted octanol–water partition coefficient (Wildman–Crippen LogP) is 3.18. The molecule has 2 unspecified atom stereocenters. The number of carbonyl (C=O) groups is 1. The maximum Gasteiger partial charge on any atom is 0.416 e. The van der Waals surface area contributed by atoms with Gasteiger partial charge in [-0.2, -0.15) is 13.2 Å². The van der Waals surface area contributed by atoms with Gasteiger partial charge in [0.05, 0.1) is 11.6 Å².